The molecule has 0 spiro atoms. The molecule has 19 heavy (non-hydrogen) atoms. The van der Waals surface area contributed by atoms with Crippen LogP contribution >= 0.6 is 27.3 Å². The second-order valence-electron chi connectivity index (χ2n) is 4.73. The predicted octanol–water partition coefficient (Wildman–Crippen LogP) is 5.10. The van der Waals surface area contributed by atoms with Crippen LogP contribution in [-0.4, -0.2) is 6.54 Å². The minimum absolute atomic E-state index is 0.445. The molecular weight excluding hydrogens is 318 g/mol. The molecule has 1 aromatic carbocycles. The van der Waals surface area contributed by atoms with Gasteiger partial charge in [0, 0.05) is 15.4 Å². The Labute approximate surface area is 128 Å². The fourth-order valence-corrected chi connectivity index (χ4v) is 3.59. The van der Waals surface area contributed by atoms with Gasteiger partial charge in [0.1, 0.15) is 0 Å². The first kappa shape index (κ1) is 14.8. The van der Waals surface area contributed by atoms with Gasteiger partial charge in [-0.3, -0.25) is 0 Å². The van der Waals surface area contributed by atoms with Gasteiger partial charge < -0.3 is 5.32 Å². The van der Waals surface area contributed by atoms with E-state index in [0.29, 0.717) is 6.04 Å². The molecular formula is C16H20BrNS. The maximum Gasteiger partial charge on any atom is 0.0326 e. The second-order valence-corrected chi connectivity index (χ2v) is 6.68. The number of benzene rings is 1. The molecule has 2 rings (SSSR count). The highest BCUT2D eigenvalue weighted by Gasteiger charge is 2.13. The van der Waals surface area contributed by atoms with Crippen LogP contribution in [-0.2, 0) is 6.42 Å². The summed E-state index contributed by atoms with van der Waals surface area (Å²) in [4.78, 5) is 1.47. The summed E-state index contributed by atoms with van der Waals surface area (Å²) in [5.41, 5.74) is 2.77. The van der Waals surface area contributed by atoms with E-state index in [1.54, 1.807) is 0 Å². The van der Waals surface area contributed by atoms with Crippen molar-refractivity contribution < 1.29 is 0 Å². The van der Waals surface area contributed by atoms with Crippen LogP contribution in [0.5, 0.6) is 0 Å². The molecule has 102 valence electrons. The zero-order chi connectivity index (χ0) is 13.7. The quantitative estimate of drug-likeness (QED) is 0.772. The molecule has 0 amide bonds. The molecule has 1 nitrogen and oxygen atoms in total. The van der Waals surface area contributed by atoms with Crippen LogP contribution in [0.1, 0.15) is 35.4 Å². The van der Waals surface area contributed by atoms with Gasteiger partial charge in [0.25, 0.3) is 0 Å². The number of hydrogen-bond donors (Lipinski definition) is 1. The fraction of sp³-hybridized carbons (Fsp3) is 0.375. The lowest BCUT2D eigenvalue weighted by atomic mass is 9.97. The van der Waals surface area contributed by atoms with E-state index in [-0.39, 0.29) is 0 Å². The summed E-state index contributed by atoms with van der Waals surface area (Å²) < 4.78 is 1.15. The molecule has 1 heterocycles. The lowest BCUT2D eigenvalue weighted by molar-refractivity contribution is 0.515. The average molecular weight is 338 g/mol. The van der Waals surface area contributed by atoms with Crippen molar-refractivity contribution in [2.75, 3.05) is 6.54 Å². The average Bonchev–Trinajstić information content (AvgIpc) is 2.88. The monoisotopic (exact) mass is 337 g/mol. The van der Waals surface area contributed by atoms with Gasteiger partial charge in [-0.05, 0) is 61.0 Å². The summed E-state index contributed by atoms with van der Waals surface area (Å²) in [5.74, 6) is 0. The molecule has 0 bridgehead atoms. The molecule has 3 heteroatoms. The van der Waals surface area contributed by atoms with Gasteiger partial charge in [-0.1, -0.05) is 35.0 Å². The lowest BCUT2D eigenvalue weighted by Gasteiger charge is -2.20. The molecule has 2 aromatic rings. The SMILES string of the molecule is CCNC(CCc1cccs1)c1ccc(Br)cc1C. The van der Waals surface area contributed by atoms with Crippen molar-refractivity contribution >= 4 is 27.3 Å². The molecule has 0 aliphatic heterocycles. The van der Waals surface area contributed by atoms with Gasteiger partial charge >= 0.3 is 0 Å². The molecule has 0 saturated heterocycles. The van der Waals surface area contributed by atoms with E-state index >= 15 is 0 Å². The number of nitrogens with one attached hydrogen (secondary N) is 1. The highest BCUT2D eigenvalue weighted by atomic mass is 79.9. The van der Waals surface area contributed by atoms with Crippen molar-refractivity contribution in [3.63, 3.8) is 0 Å². The molecule has 0 fully saturated rings. The number of thiophene rings is 1. The van der Waals surface area contributed by atoms with Crippen molar-refractivity contribution in [2.24, 2.45) is 0 Å². The molecule has 1 aromatic heterocycles. The number of halogens is 1. The van der Waals surface area contributed by atoms with Crippen LogP contribution < -0.4 is 5.32 Å². The summed E-state index contributed by atoms with van der Waals surface area (Å²) in [6.07, 6.45) is 2.29. The van der Waals surface area contributed by atoms with E-state index < -0.39 is 0 Å². The Morgan fingerprint density at radius 1 is 1.32 bits per heavy atom. The van der Waals surface area contributed by atoms with Crippen molar-refractivity contribution in [2.45, 2.75) is 32.7 Å². The molecule has 0 saturated carbocycles. The topological polar surface area (TPSA) is 12.0 Å². The summed E-state index contributed by atoms with van der Waals surface area (Å²) in [7, 11) is 0. The maximum atomic E-state index is 3.61. The van der Waals surface area contributed by atoms with Gasteiger partial charge in [0.15, 0.2) is 0 Å². The summed E-state index contributed by atoms with van der Waals surface area (Å²) in [5, 5.41) is 5.77. The van der Waals surface area contributed by atoms with Gasteiger partial charge in [-0.2, -0.15) is 0 Å². The van der Waals surface area contributed by atoms with Crippen LogP contribution in [0.25, 0.3) is 0 Å². The van der Waals surface area contributed by atoms with E-state index in [1.807, 2.05) is 11.3 Å². The Balaban J connectivity index is 2.10. The van der Waals surface area contributed by atoms with Crippen LogP contribution in [0, 0.1) is 6.92 Å². The third-order valence-electron chi connectivity index (χ3n) is 3.32. The predicted molar refractivity (Wildman–Crippen MR) is 87.9 cm³/mol. The van der Waals surface area contributed by atoms with Gasteiger partial charge in [0.05, 0.1) is 0 Å². The van der Waals surface area contributed by atoms with Gasteiger partial charge in [0.2, 0.25) is 0 Å². The highest BCUT2D eigenvalue weighted by molar-refractivity contribution is 9.10. The number of aryl methyl sites for hydroxylation is 2. The molecule has 1 N–H and O–H groups in total. The van der Waals surface area contributed by atoms with E-state index in [4.69, 9.17) is 0 Å². The van der Waals surface area contributed by atoms with Crippen LogP contribution in [0.2, 0.25) is 0 Å². The zero-order valence-corrected chi connectivity index (χ0v) is 13.9. The van der Waals surface area contributed by atoms with Crippen LogP contribution in [0.4, 0.5) is 0 Å². The minimum atomic E-state index is 0.445. The number of rotatable bonds is 6. The number of hydrogen-bond acceptors (Lipinski definition) is 2. The standard InChI is InChI=1S/C16H20BrNS/c1-3-18-16(9-7-14-5-4-10-19-14)15-8-6-13(17)11-12(15)2/h4-6,8,10-11,16,18H,3,7,9H2,1-2H3. The molecule has 0 aliphatic rings. The largest absolute Gasteiger partial charge is 0.310 e. The van der Waals surface area contributed by atoms with E-state index in [0.717, 1.165) is 23.9 Å². The minimum Gasteiger partial charge on any atom is -0.310 e. The summed E-state index contributed by atoms with van der Waals surface area (Å²) in [6, 6.07) is 11.4. The Morgan fingerprint density at radius 3 is 2.79 bits per heavy atom. The van der Waals surface area contributed by atoms with E-state index in [9.17, 15) is 0 Å². The van der Waals surface area contributed by atoms with Gasteiger partial charge in [-0.25, -0.2) is 0 Å². The second kappa shape index (κ2) is 7.22. The molecule has 0 aliphatic carbocycles. The first-order valence-corrected chi connectivity index (χ1v) is 8.39. The third-order valence-corrected chi connectivity index (χ3v) is 4.75. The van der Waals surface area contributed by atoms with Crippen molar-refractivity contribution in [3.05, 3.63) is 56.2 Å². The molecule has 1 unspecified atom stereocenters. The van der Waals surface area contributed by atoms with E-state index in [2.05, 4.69) is 70.8 Å². The Kier molecular flexibility index (Phi) is 5.61. The summed E-state index contributed by atoms with van der Waals surface area (Å²) in [6.45, 7) is 5.37. The lowest BCUT2D eigenvalue weighted by Crippen LogP contribution is -2.22. The fourth-order valence-electron chi connectivity index (χ4n) is 2.39. The van der Waals surface area contributed by atoms with Gasteiger partial charge in [-0.15, -0.1) is 11.3 Å². The van der Waals surface area contributed by atoms with Crippen LogP contribution in [0.3, 0.4) is 0 Å². The first-order chi connectivity index (χ1) is 9.20. The van der Waals surface area contributed by atoms with Crippen molar-refractivity contribution in [3.8, 4) is 0 Å². The smallest absolute Gasteiger partial charge is 0.0326 e. The van der Waals surface area contributed by atoms with Crippen molar-refractivity contribution in [1.29, 1.82) is 0 Å². The van der Waals surface area contributed by atoms with Crippen molar-refractivity contribution in [1.82, 2.24) is 5.32 Å². The van der Waals surface area contributed by atoms with Crippen LogP contribution in [0.15, 0.2) is 40.2 Å². The maximum absolute atomic E-state index is 3.61. The van der Waals surface area contributed by atoms with E-state index in [1.165, 1.54) is 16.0 Å². The highest BCUT2D eigenvalue weighted by Crippen LogP contribution is 2.26. The third kappa shape index (κ3) is 4.16. The Bertz CT molecular complexity index is 507. The molecule has 0 radical (unpaired) electrons. The Morgan fingerprint density at radius 2 is 2.16 bits per heavy atom. The first-order valence-electron chi connectivity index (χ1n) is 6.72. The molecule has 1 atom stereocenters. The summed E-state index contributed by atoms with van der Waals surface area (Å²) >= 11 is 5.39. The zero-order valence-electron chi connectivity index (χ0n) is 11.4. The normalized spacial score (nSPS) is 12.6. The Hall–Kier alpha value is -0.640.